The fourth-order valence-corrected chi connectivity index (χ4v) is 1.18. The molecule has 7 nitrogen and oxygen atoms in total. The summed E-state index contributed by atoms with van der Waals surface area (Å²) in [5, 5.41) is 11.8. The van der Waals surface area contributed by atoms with Crippen LogP contribution in [-0.2, 0) is 9.53 Å². The molecule has 4 N–H and O–H groups in total. The molecule has 0 bridgehead atoms. The average molecular weight is 252 g/mol. The second-order valence-electron chi connectivity index (χ2n) is 3.12. The molecule has 1 aliphatic rings. The second-order valence-corrected chi connectivity index (χ2v) is 3.12. The lowest BCUT2D eigenvalue weighted by Crippen LogP contribution is -2.44. The van der Waals surface area contributed by atoms with Gasteiger partial charge < -0.3 is 21.1 Å². The molecule has 0 radical (unpaired) electrons. The molecule has 0 aromatic heterocycles. The molecule has 8 heteroatoms. The molecule has 0 atom stereocenters. The summed E-state index contributed by atoms with van der Waals surface area (Å²) in [7, 11) is 1.33. The van der Waals surface area contributed by atoms with Gasteiger partial charge in [-0.05, 0) is 0 Å². The minimum atomic E-state index is -0.367. The van der Waals surface area contributed by atoms with Gasteiger partial charge in [0.25, 0.3) is 0 Å². The number of guanidine groups is 1. The maximum Gasteiger partial charge on any atom is 0.325 e. The van der Waals surface area contributed by atoms with Gasteiger partial charge >= 0.3 is 5.97 Å². The zero-order chi connectivity index (χ0) is 11.1. The van der Waals surface area contributed by atoms with Gasteiger partial charge in [0.1, 0.15) is 6.54 Å². The Morgan fingerprint density at radius 1 is 1.56 bits per heavy atom. The van der Waals surface area contributed by atoms with Gasteiger partial charge in [-0.3, -0.25) is 9.80 Å². The van der Waals surface area contributed by atoms with Crippen molar-refractivity contribution in [2.75, 3.05) is 39.8 Å². The number of ether oxygens (including phenoxy) is 1. The molecule has 94 valence electrons. The van der Waals surface area contributed by atoms with Crippen molar-refractivity contribution in [1.29, 1.82) is 0 Å². The van der Waals surface area contributed by atoms with Gasteiger partial charge in [-0.25, -0.2) is 0 Å². The zero-order valence-electron chi connectivity index (χ0n) is 9.23. The molecule has 1 rings (SSSR count). The first-order valence-electron chi connectivity index (χ1n) is 4.83. The number of methoxy groups -OCH3 is 1. The van der Waals surface area contributed by atoms with Crippen LogP contribution in [0.15, 0.2) is 5.10 Å². The highest BCUT2D eigenvalue weighted by atomic mass is 35.5. The van der Waals surface area contributed by atoms with Crippen LogP contribution >= 0.6 is 12.4 Å². The van der Waals surface area contributed by atoms with E-state index in [1.807, 2.05) is 5.01 Å². The van der Waals surface area contributed by atoms with E-state index in [9.17, 15) is 4.79 Å². The van der Waals surface area contributed by atoms with Gasteiger partial charge in [0.2, 0.25) is 5.96 Å². The molecule has 1 fully saturated rings. The van der Waals surface area contributed by atoms with Crippen LogP contribution in [0.2, 0.25) is 0 Å². The average Bonchev–Trinajstić information content (AvgIpc) is 2.27. The minimum Gasteiger partial charge on any atom is -0.468 e. The molecule has 1 heterocycles. The molecule has 0 spiro atoms. The molecule has 1 aliphatic heterocycles. The lowest BCUT2D eigenvalue weighted by Gasteiger charge is -2.24. The molecule has 0 saturated carbocycles. The maximum absolute atomic E-state index is 10.8. The van der Waals surface area contributed by atoms with Gasteiger partial charge in [0.15, 0.2) is 0 Å². The van der Waals surface area contributed by atoms with E-state index >= 15 is 0 Å². The monoisotopic (exact) mass is 251 g/mol. The predicted octanol–water partition coefficient (Wildman–Crippen LogP) is -1.69. The molecule has 1 saturated heterocycles. The number of hydrogen-bond acceptors (Lipinski definition) is 5. The van der Waals surface area contributed by atoms with Crippen molar-refractivity contribution in [3.63, 3.8) is 0 Å². The van der Waals surface area contributed by atoms with Gasteiger partial charge in [-0.1, -0.05) is 0 Å². The number of rotatable bonds is 3. The summed E-state index contributed by atoms with van der Waals surface area (Å²) in [6.07, 6.45) is 0. The van der Waals surface area contributed by atoms with E-state index < -0.39 is 0 Å². The number of carbonyl (C=O) groups is 1. The van der Waals surface area contributed by atoms with Gasteiger partial charge in [-0.2, -0.15) is 0 Å². The summed E-state index contributed by atoms with van der Waals surface area (Å²) >= 11 is 0. The lowest BCUT2D eigenvalue weighted by molar-refractivity contribution is -0.139. The summed E-state index contributed by atoms with van der Waals surface area (Å²) in [6, 6.07) is 0. The van der Waals surface area contributed by atoms with E-state index in [2.05, 4.69) is 20.5 Å². The van der Waals surface area contributed by atoms with Crippen molar-refractivity contribution in [3.8, 4) is 0 Å². The Morgan fingerprint density at radius 2 is 2.19 bits per heavy atom. The summed E-state index contributed by atoms with van der Waals surface area (Å²) < 4.78 is 4.45. The summed E-state index contributed by atoms with van der Waals surface area (Å²) in [5.41, 5.74) is 5.58. The second kappa shape index (κ2) is 8.00. The number of hydrazone groups is 1. The van der Waals surface area contributed by atoms with E-state index in [1.165, 1.54) is 7.11 Å². The van der Waals surface area contributed by atoms with Crippen LogP contribution < -0.4 is 16.4 Å². The summed E-state index contributed by atoms with van der Waals surface area (Å²) in [6.45, 7) is 3.47. The molecular formula is C8H18ClN5O2. The van der Waals surface area contributed by atoms with Crippen LogP contribution in [0, 0.1) is 0 Å². The Bertz CT molecular complexity index is 243. The lowest BCUT2D eigenvalue weighted by atomic mass is 10.4. The Balaban J connectivity index is 0.00000225. The molecule has 0 amide bonds. The van der Waals surface area contributed by atoms with Gasteiger partial charge in [0, 0.05) is 26.2 Å². The van der Waals surface area contributed by atoms with E-state index in [0.29, 0.717) is 0 Å². The van der Waals surface area contributed by atoms with Crippen LogP contribution in [0.3, 0.4) is 0 Å². The quantitative estimate of drug-likeness (QED) is 0.315. The molecular weight excluding hydrogens is 234 g/mol. The number of nitrogens with zero attached hydrogens (tertiary/aromatic N) is 2. The number of nitrogens with two attached hydrogens (primary N) is 1. The van der Waals surface area contributed by atoms with Crippen LogP contribution in [0.25, 0.3) is 0 Å². The highest BCUT2D eigenvalue weighted by Gasteiger charge is 2.07. The Morgan fingerprint density at radius 3 is 2.75 bits per heavy atom. The van der Waals surface area contributed by atoms with E-state index in [1.54, 1.807) is 0 Å². The van der Waals surface area contributed by atoms with Crippen LogP contribution in [-0.4, -0.2) is 56.8 Å². The first kappa shape index (κ1) is 14.8. The highest BCUT2D eigenvalue weighted by molar-refractivity contribution is 5.85. The van der Waals surface area contributed by atoms with Crippen molar-refractivity contribution in [3.05, 3.63) is 0 Å². The third-order valence-corrected chi connectivity index (χ3v) is 1.98. The van der Waals surface area contributed by atoms with Gasteiger partial charge in [0.05, 0.1) is 7.11 Å². The van der Waals surface area contributed by atoms with Gasteiger partial charge in [-0.15, -0.1) is 17.5 Å². The fraction of sp³-hybridized carbons (Fsp3) is 0.750. The first-order chi connectivity index (χ1) is 7.22. The molecule has 0 aromatic rings. The summed E-state index contributed by atoms with van der Waals surface area (Å²) in [5.74, 6) is -0.129. The van der Waals surface area contributed by atoms with E-state index in [0.717, 1.165) is 26.2 Å². The first-order valence-corrected chi connectivity index (χ1v) is 4.83. The molecule has 0 aliphatic carbocycles. The zero-order valence-corrected chi connectivity index (χ0v) is 10.0. The van der Waals surface area contributed by atoms with Crippen molar-refractivity contribution in [2.24, 2.45) is 10.8 Å². The number of esters is 1. The molecule has 16 heavy (non-hydrogen) atoms. The van der Waals surface area contributed by atoms with Crippen molar-refractivity contribution in [1.82, 2.24) is 15.6 Å². The van der Waals surface area contributed by atoms with Crippen LogP contribution in [0.5, 0.6) is 0 Å². The standard InChI is InChI=1S/C8H17N5O2.ClH/c1-15-7(14)6-11-8(9)12-13-4-2-10-3-5-13;/h10H,2-6H2,1H3,(H3,9,11,12);1H. The van der Waals surface area contributed by atoms with Crippen molar-refractivity contribution < 1.29 is 9.53 Å². The third-order valence-electron chi connectivity index (χ3n) is 1.98. The van der Waals surface area contributed by atoms with E-state index in [-0.39, 0.29) is 30.9 Å². The smallest absolute Gasteiger partial charge is 0.325 e. The Hall–Kier alpha value is -1.21. The molecule has 0 unspecified atom stereocenters. The SMILES string of the molecule is COC(=O)CNC(N)=NN1CCNCC1.Cl. The van der Waals surface area contributed by atoms with Crippen molar-refractivity contribution >= 4 is 24.3 Å². The summed E-state index contributed by atoms with van der Waals surface area (Å²) in [4.78, 5) is 10.8. The highest BCUT2D eigenvalue weighted by Crippen LogP contribution is 1.91. The number of piperazine rings is 1. The minimum absolute atomic E-state index is 0. The topological polar surface area (TPSA) is 92.0 Å². The largest absolute Gasteiger partial charge is 0.468 e. The maximum atomic E-state index is 10.8. The third kappa shape index (κ3) is 5.62. The van der Waals surface area contributed by atoms with Crippen LogP contribution in [0.1, 0.15) is 0 Å². The number of hydrogen-bond donors (Lipinski definition) is 3. The normalized spacial score (nSPS) is 16.3. The van der Waals surface area contributed by atoms with Crippen molar-refractivity contribution in [2.45, 2.75) is 0 Å². The number of nitrogens with one attached hydrogen (secondary N) is 2. The fourth-order valence-electron chi connectivity index (χ4n) is 1.18. The van der Waals surface area contributed by atoms with Crippen LogP contribution in [0.4, 0.5) is 0 Å². The number of halogens is 1. The molecule has 0 aromatic carbocycles. The Kier molecular flexibility index (Phi) is 7.40. The van der Waals surface area contributed by atoms with E-state index in [4.69, 9.17) is 5.73 Å². The predicted molar refractivity (Wildman–Crippen MR) is 63.3 cm³/mol. The number of carbonyl (C=O) groups excluding carboxylic acids is 1. The Labute approximate surface area is 101 Å².